The quantitative estimate of drug-likeness (QED) is 0.624. The van der Waals surface area contributed by atoms with Gasteiger partial charge in [0.15, 0.2) is 0 Å². The second kappa shape index (κ2) is 7.54. The summed E-state index contributed by atoms with van der Waals surface area (Å²) in [4.78, 5) is 27.0. The zero-order chi connectivity index (χ0) is 16.2. The number of likely N-dealkylation sites (tertiary alicyclic amines) is 1. The lowest BCUT2D eigenvalue weighted by Crippen LogP contribution is -2.55. The van der Waals surface area contributed by atoms with Gasteiger partial charge in [-0.25, -0.2) is 9.59 Å². The molecule has 1 N–H and O–H groups in total. The SMILES string of the molecule is CCCCOC(=O)[C@H]1[C@H]2CC[C@@H](C2)N1C(=O)NC1CCCCC1. The number of nitrogens with zero attached hydrogens (tertiary/aromatic N) is 1. The number of rotatable bonds is 5. The second-order valence-corrected chi connectivity index (χ2v) is 7.38. The summed E-state index contributed by atoms with van der Waals surface area (Å²) in [5.41, 5.74) is 0. The maximum atomic E-state index is 12.8. The standard InChI is InChI=1S/C18H30N2O3/c1-2-3-11-23-17(21)16-13-9-10-15(12-13)20(16)18(22)19-14-7-5-4-6-8-14/h13-16H,2-12H2,1H3,(H,19,22)/t13-,15-,16+/m0/s1. The first-order chi connectivity index (χ1) is 11.2. The summed E-state index contributed by atoms with van der Waals surface area (Å²) >= 11 is 0. The van der Waals surface area contributed by atoms with Crippen molar-refractivity contribution in [3.05, 3.63) is 0 Å². The van der Waals surface area contributed by atoms with Crippen LogP contribution in [0.1, 0.15) is 71.1 Å². The summed E-state index contributed by atoms with van der Waals surface area (Å²) in [6, 6.07) is 0.121. The maximum Gasteiger partial charge on any atom is 0.329 e. The number of piperidine rings is 1. The number of hydrogen-bond acceptors (Lipinski definition) is 3. The molecule has 2 saturated carbocycles. The molecule has 1 saturated heterocycles. The molecule has 0 radical (unpaired) electrons. The number of carbonyl (C=O) groups excluding carboxylic acids is 2. The average molecular weight is 322 g/mol. The van der Waals surface area contributed by atoms with Crippen LogP contribution in [0, 0.1) is 5.92 Å². The van der Waals surface area contributed by atoms with Gasteiger partial charge in [0.05, 0.1) is 6.61 Å². The van der Waals surface area contributed by atoms with Crippen LogP contribution in [0.15, 0.2) is 0 Å². The highest BCUT2D eigenvalue weighted by molar-refractivity contribution is 5.85. The van der Waals surface area contributed by atoms with Gasteiger partial charge in [-0.1, -0.05) is 32.6 Å². The van der Waals surface area contributed by atoms with Crippen LogP contribution >= 0.6 is 0 Å². The lowest BCUT2D eigenvalue weighted by atomic mass is 9.95. The third-order valence-electron chi connectivity index (χ3n) is 5.74. The van der Waals surface area contributed by atoms with Gasteiger partial charge in [0.25, 0.3) is 0 Å². The Kier molecular flexibility index (Phi) is 5.44. The first-order valence-corrected chi connectivity index (χ1v) is 9.46. The number of urea groups is 1. The van der Waals surface area contributed by atoms with E-state index in [-0.39, 0.29) is 30.1 Å². The number of unbranched alkanes of at least 4 members (excludes halogenated alkanes) is 1. The molecule has 3 rings (SSSR count). The van der Waals surface area contributed by atoms with Gasteiger partial charge in [-0.3, -0.25) is 0 Å². The van der Waals surface area contributed by atoms with E-state index in [1.54, 1.807) is 0 Å². The average Bonchev–Trinajstić information content (AvgIpc) is 3.17. The molecule has 3 atom stereocenters. The van der Waals surface area contributed by atoms with Crippen LogP contribution in [-0.4, -0.2) is 41.6 Å². The Hall–Kier alpha value is -1.26. The number of esters is 1. The van der Waals surface area contributed by atoms with Gasteiger partial charge in [-0.2, -0.15) is 0 Å². The lowest BCUT2D eigenvalue weighted by molar-refractivity contribution is -0.150. The van der Waals surface area contributed by atoms with Crippen molar-refractivity contribution in [3.63, 3.8) is 0 Å². The fraction of sp³-hybridized carbons (Fsp3) is 0.889. The number of carbonyl (C=O) groups is 2. The van der Waals surface area contributed by atoms with Gasteiger partial charge >= 0.3 is 12.0 Å². The Bertz CT molecular complexity index is 434. The fourth-order valence-corrected chi connectivity index (χ4v) is 4.48. The van der Waals surface area contributed by atoms with Gasteiger partial charge in [0, 0.05) is 12.1 Å². The largest absolute Gasteiger partial charge is 0.464 e. The van der Waals surface area contributed by atoms with E-state index in [1.165, 1.54) is 19.3 Å². The van der Waals surface area contributed by atoms with E-state index in [4.69, 9.17) is 4.74 Å². The molecular weight excluding hydrogens is 292 g/mol. The summed E-state index contributed by atoms with van der Waals surface area (Å²) in [7, 11) is 0. The molecule has 0 aromatic rings. The summed E-state index contributed by atoms with van der Waals surface area (Å²) < 4.78 is 5.43. The Morgan fingerprint density at radius 2 is 1.91 bits per heavy atom. The van der Waals surface area contributed by atoms with Gasteiger partial charge < -0.3 is 15.0 Å². The van der Waals surface area contributed by atoms with Crippen molar-refractivity contribution in [2.45, 2.75) is 89.3 Å². The molecule has 2 amide bonds. The smallest absolute Gasteiger partial charge is 0.329 e. The minimum Gasteiger partial charge on any atom is -0.464 e. The predicted octanol–water partition coefficient (Wildman–Crippen LogP) is 3.22. The van der Waals surface area contributed by atoms with Crippen LogP contribution in [-0.2, 0) is 9.53 Å². The van der Waals surface area contributed by atoms with E-state index in [2.05, 4.69) is 12.2 Å². The van der Waals surface area contributed by atoms with E-state index in [9.17, 15) is 9.59 Å². The molecule has 0 aromatic heterocycles. The molecule has 5 nitrogen and oxygen atoms in total. The molecule has 0 aromatic carbocycles. The first-order valence-electron chi connectivity index (χ1n) is 9.46. The van der Waals surface area contributed by atoms with Crippen molar-refractivity contribution in [1.82, 2.24) is 10.2 Å². The molecule has 2 bridgehead atoms. The van der Waals surface area contributed by atoms with E-state index in [0.29, 0.717) is 12.5 Å². The van der Waals surface area contributed by atoms with Crippen LogP contribution in [0.5, 0.6) is 0 Å². The Morgan fingerprint density at radius 1 is 1.13 bits per heavy atom. The molecule has 1 heterocycles. The molecular formula is C18H30N2O3. The molecule has 130 valence electrons. The topological polar surface area (TPSA) is 58.6 Å². The molecule has 3 fully saturated rings. The third-order valence-corrected chi connectivity index (χ3v) is 5.74. The van der Waals surface area contributed by atoms with Crippen molar-refractivity contribution in [2.24, 2.45) is 5.92 Å². The minimum atomic E-state index is -0.353. The molecule has 5 heteroatoms. The summed E-state index contributed by atoms with van der Waals surface area (Å²) in [5.74, 6) is 0.107. The van der Waals surface area contributed by atoms with Crippen LogP contribution in [0.2, 0.25) is 0 Å². The second-order valence-electron chi connectivity index (χ2n) is 7.38. The normalized spacial score (nSPS) is 30.5. The Balaban J connectivity index is 1.60. The number of ether oxygens (including phenoxy) is 1. The molecule has 3 aliphatic rings. The van der Waals surface area contributed by atoms with Crippen molar-refractivity contribution >= 4 is 12.0 Å². The van der Waals surface area contributed by atoms with Crippen LogP contribution < -0.4 is 5.32 Å². The Morgan fingerprint density at radius 3 is 2.65 bits per heavy atom. The minimum absolute atomic E-state index is 0.0402. The van der Waals surface area contributed by atoms with E-state index in [0.717, 1.165) is 44.9 Å². The summed E-state index contributed by atoms with van der Waals surface area (Å²) in [6.45, 7) is 2.55. The Labute approximate surface area is 139 Å². The van der Waals surface area contributed by atoms with E-state index < -0.39 is 0 Å². The zero-order valence-corrected chi connectivity index (χ0v) is 14.3. The molecule has 2 aliphatic carbocycles. The number of fused-ring (bicyclic) bond motifs is 2. The van der Waals surface area contributed by atoms with Gasteiger partial charge in [0.1, 0.15) is 6.04 Å². The summed E-state index contributed by atoms with van der Waals surface area (Å²) in [5, 5.41) is 3.18. The van der Waals surface area contributed by atoms with E-state index in [1.807, 2.05) is 4.90 Å². The number of nitrogens with one attached hydrogen (secondary N) is 1. The van der Waals surface area contributed by atoms with Crippen molar-refractivity contribution < 1.29 is 14.3 Å². The van der Waals surface area contributed by atoms with Crippen molar-refractivity contribution in [1.29, 1.82) is 0 Å². The first kappa shape index (κ1) is 16.6. The van der Waals surface area contributed by atoms with Crippen molar-refractivity contribution in [2.75, 3.05) is 6.61 Å². The third kappa shape index (κ3) is 3.64. The predicted molar refractivity (Wildman–Crippen MR) is 88.0 cm³/mol. The molecule has 0 spiro atoms. The van der Waals surface area contributed by atoms with Crippen LogP contribution in [0.3, 0.4) is 0 Å². The summed E-state index contributed by atoms with van der Waals surface area (Å²) in [6.07, 6.45) is 10.7. The molecule has 0 unspecified atom stereocenters. The highest BCUT2D eigenvalue weighted by Gasteiger charge is 2.52. The number of amides is 2. The van der Waals surface area contributed by atoms with Gasteiger partial charge in [0.2, 0.25) is 0 Å². The monoisotopic (exact) mass is 322 g/mol. The van der Waals surface area contributed by atoms with Crippen LogP contribution in [0.25, 0.3) is 0 Å². The zero-order valence-electron chi connectivity index (χ0n) is 14.3. The molecule has 1 aliphatic heterocycles. The van der Waals surface area contributed by atoms with Crippen molar-refractivity contribution in [3.8, 4) is 0 Å². The molecule has 23 heavy (non-hydrogen) atoms. The fourth-order valence-electron chi connectivity index (χ4n) is 4.48. The highest BCUT2D eigenvalue weighted by atomic mass is 16.5. The number of hydrogen-bond donors (Lipinski definition) is 1. The lowest BCUT2D eigenvalue weighted by Gasteiger charge is -2.35. The highest BCUT2D eigenvalue weighted by Crippen LogP contribution is 2.43. The maximum absolute atomic E-state index is 12.8. The van der Waals surface area contributed by atoms with Gasteiger partial charge in [-0.05, 0) is 44.4 Å². The van der Waals surface area contributed by atoms with Gasteiger partial charge in [-0.15, -0.1) is 0 Å². The van der Waals surface area contributed by atoms with E-state index >= 15 is 0 Å². The van der Waals surface area contributed by atoms with Crippen LogP contribution in [0.4, 0.5) is 4.79 Å².